The molecule has 1 unspecified atom stereocenters. The van der Waals surface area contributed by atoms with Crippen LogP contribution in [0.4, 0.5) is 0 Å². The van der Waals surface area contributed by atoms with Crippen LogP contribution in [0, 0.1) is 5.92 Å². The van der Waals surface area contributed by atoms with Crippen LogP contribution in [0.3, 0.4) is 0 Å². The number of carbonyl (C=O) groups excluding carboxylic acids is 1. The van der Waals surface area contributed by atoms with E-state index in [0.29, 0.717) is 28.9 Å². The molecule has 0 radical (unpaired) electrons. The van der Waals surface area contributed by atoms with Gasteiger partial charge in [0.1, 0.15) is 0 Å². The summed E-state index contributed by atoms with van der Waals surface area (Å²) in [6, 6.07) is 5.40. The van der Waals surface area contributed by atoms with Gasteiger partial charge in [-0.05, 0) is 44.0 Å². The maximum atomic E-state index is 12.1. The summed E-state index contributed by atoms with van der Waals surface area (Å²) in [5.41, 5.74) is 0.814. The molecule has 1 atom stereocenters. The van der Waals surface area contributed by atoms with Gasteiger partial charge in [0.05, 0.1) is 0 Å². The van der Waals surface area contributed by atoms with E-state index in [9.17, 15) is 4.79 Å². The molecule has 118 valence electrons. The van der Waals surface area contributed by atoms with E-state index in [0.717, 1.165) is 25.1 Å². The van der Waals surface area contributed by atoms with Gasteiger partial charge in [-0.2, -0.15) is 0 Å². The highest BCUT2D eigenvalue weighted by Gasteiger charge is 2.18. The lowest BCUT2D eigenvalue weighted by Crippen LogP contribution is -2.27. The van der Waals surface area contributed by atoms with Crippen LogP contribution in [0.15, 0.2) is 18.2 Å². The van der Waals surface area contributed by atoms with Gasteiger partial charge < -0.3 is 10.2 Å². The molecule has 1 aromatic rings. The summed E-state index contributed by atoms with van der Waals surface area (Å²) in [5.74, 6) is 0.782. The van der Waals surface area contributed by atoms with Crippen molar-refractivity contribution >= 4 is 41.5 Å². The number of nitrogens with one attached hydrogen (secondary N) is 1. The van der Waals surface area contributed by atoms with E-state index in [4.69, 9.17) is 23.2 Å². The Hall–Kier alpha value is -0.480. The summed E-state index contributed by atoms with van der Waals surface area (Å²) in [7, 11) is 1.80. The molecule has 6 heteroatoms. The van der Waals surface area contributed by atoms with Crippen molar-refractivity contribution in [3.8, 4) is 0 Å². The molecule has 0 aliphatic carbocycles. The van der Waals surface area contributed by atoms with E-state index in [1.54, 1.807) is 24.1 Å². The lowest BCUT2D eigenvalue weighted by molar-refractivity contribution is -0.130. The number of amides is 1. The number of hydrogen-bond acceptors (Lipinski definition) is 2. The average molecular weight is 352 g/mol. The van der Waals surface area contributed by atoms with E-state index in [1.807, 2.05) is 6.07 Å². The molecule has 1 N–H and O–H groups in total. The molecule has 1 saturated heterocycles. The Morgan fingerprint density at radius 3 is 2.62 bits per heavy atom. The van der Waals surface area contributed by atoms with Gasteiger partial charge in [-0.15, -0.1) is 12.4 Å². The number of carbonyl (C=O) groups is 1. The van der Waals surface area contributed by atoms with E-state index in [2.05, 4.69) is 5.32 Å². The lowest BCUT2D eigenvalue weighted by Gasteiger charge is -2.19. The van der Waals surface area contributed by atoms with Crippen molar-refractivity contribution in [2.45, 2.75) is 25.8 Å². The lowest BCUT2D eigenvalue weighted by atomic mass is 10.0. The quantitative estimate of drug-likeness (QED) is 0.876. The SMILES string of the molecule is CN(Cc1c(Cl)cccc1Cl)C(=O)CCC1CCNC1.Cl. The van der Waals surface area contributed by atoms with Gasteiger partial charge in [-0.25, -0.2) is 0 Å². The number of nitrogens with zero attached hydrogens (tertiary/aromatic N) is 1. The second-order valence-electron chi connectivity index (χ2n) is 5.35. The Morgan fingerprint density at radius 2 is 2.05 bits per heavy atom. The van der Waals surface area contributed by atoms with Crippen molar-refractivity contribution in [3.05, 3.63) is 33.8 Å². The molecule has 1 heterocycles. The Balaban J connectivity index is 0.00000220. The summed E-state index contributed by atoms with van der Waals surface area (Å²) >= 11 is 12.3. The van der Waals surface area contributed by atoms with Crippen LogP contribution >= 0.6 is 35.6 Å². The molecule has 1 aliphatic rings. The van der Waals surface area contributed by atoms with Crippen LogP contribution in [-0.2, 0) is 11.3 Å². The number of benzene rings is 1. The molecular weight excluding hydrogens is 331 g/mol. The van der Waals surface area contributed by atoms with Gasteiger partial charge >= 0.3 is 0 Å². The fourth-order valence-electron chi connectivity index (χ4n) is 2.49. The zero-order valence-corrected chi connectivity index (χ0v) is 14.4. The van der Waals surface area contributed by atoms with Crippen molar-refractivity contribution in [2.24, 2.45) is 5.92 Å². The van der Waals surface area contributed by atoms with Gasteiger partial charge in [0.15, 0.2) is 0 Å². The molecule has 0 saturated carbocycles. The first-order chi connectivity index (χ1) is 9.58. The summed E-state index contributed by atoms with van der Waals surface area (Å²) < 4.78 is 0. The van der Waals surface area contributed by atoms with Gasteiger partial charge in [-0.1, -0.05) is 29.3 Å². The van der Waals surface area contributed by atoms with Gasteiger partial charge in [0, 0.05) is 35.6 Å². The molecule has 1 amide bonds. The smallest absolute Gasteiger partial charge is 0.222 e. The second kappa shape index (κ2) is 8.84. The Morgan fingerprint density at radius 1 is 1.38 bits per heavy atom. The number of rotatable bonds is 5. The summed E-state index contributed by atoms with van der Waals surface area (Å²) in [5, 5.41) is 4.54. The number of hydrogen-bond donors (Lipinski definition) is 1. The molecule has 0 bridgehead atoms. The summed E-state index contributed by atoms with van der Waals surface area (Å²) in [6.07, 6.45) is 2.71. The van der Waals surface area contributed by atoms with E-state index in [-0.39, 0.29) is 18.3 Å². The van der Waals surface area contributed by atoms with Crippen molar-refractivity contribution in [1.82, 2.24) is 10.2 Å². The fraction of sp³-hybridized carbons (Fsp3) is 0.533. The highest BCUT2D eigenvalue weighted by molar-refractivity contribution is 6.36. The Kier molecular flexibility index (Phi) is 7.82. The maximum absolute atomic E-state index is 12.1. The normalized spacial score (nSPS) is 17.4. The molecule has 3 nitrogen and oxygen atoms in total. The Bertz CT molecular complexity index is 456. The largest absolute Gasteiger partial charge is 0.341 e. The minimum absolute atomic E-state index is 0. The van der Waals surface area contributed by atoms with Crippen LogP contribution in [0.1, 0.15) is 24.8 Å². The topological polar surface area (TPSA) is 32.3 Å². The zero-order chi connectivity index (χ0) is 14.5. The molecule has 1 fully saturated rings. The molecule has 21 heavy (non-hydrogen) atoms. The van der Waals surface area contributed by atoms with Crippen LogP contribution in [0.2, 0.25) is 10.0 Å². The fourth-order valence-corrected chi connectivity index (χ4v) is 3.00. The third kappa shape index (κ3) is 5.33. The molecule has 1 aliphatic heterocycles. The zero-order valence-electron chi connectivity index (χ0n) is 12.1. The third-order valence-electron chi connectivity index (χ3n) is 3.81. The van der Waals surface area contributed by atoms with Crippen molar-refractivity contribution in [1.29, 1.82) is 0 Å². The van der Waals surface area contributed by atoms with Crippen molar-refractivity contribution in [3.63, 3.8) is 0 Å². The molecule has 1 aromatic carbocycles. The summed E-state index contributed by atoms with van der Waals surface area (Å²) in [6.45, 7) is 2.57. The minimum Gasteiger partial charge on any atom is -0.341 e. The Labute approximate surface area is 142 Å². The van der Waals surface area contributed by atoms with Gasteiger partial charge in [0.25, 0.3) is 0 Å². The predicted molar refractivity (Wildman–Crippen MR) is 90.4 cm³/mol. The van der Waals surface area contributed by atoms with E-state index >= 15 is 0 Å². The first kappa shape index (κ1) is 18.6. The van der Waals surface area contributed by atoms with E-state index < -0.39 is 0 Å². The highest BCUT2D eigenvalue weighted by Crippen LogP contribution is 2.25. The third-order valence-corrected chi connectivity index (χ3v) is 4.52. The standard InChI is InChI=1S/C15H20Cl2N2O.ClH/c1-19(10-12-13(16)3-2-4-14(12)17)15(20)6-5-11-7-8-18-9-11;/h2-4,11,18H,5-10H2,1H3;1H. The maximum Gasteiger partial charge on any atom is 0.222 e. The average Bonchev–Trinajstić information content (AvgIpc) is 2.93. The van der Waals surface area contributed by atoms with E-state index in [1.165, 1.54) is 6.42 Å². The monoisotopic (exact) mass is 350 g/mol. The second-order valence-corrected chi connectivity index (χ2v) is 6.16. The molecule has 0 aromatic heterocycles. The van der Waals surface area contributed by atoms with Gasteiger partial charge in [-0.3, -0.25) is 4.79 Å². The minimum atomic E-state index is 0. The first-order valence-corrected chi connectivity index (χ1v) is 7.71. The van der Waals surface area contributed by atoms with Crippen molar-refractivity contribution < 1.29 is 4.79 Å². The predicted octanol–water partition coefficient (Wildman–Crippen LogP) is 3.76. The van der Waals surface area contributed by atoms with Crippen LogP contribution in [-0.4, -0.2) is 30.9 Å². The summed E-state index contributed by atoms with van der Waals surface area (Å²) in [4.78, 5) is 13.8. The molecule has 2 rings (SSSR count). The highest BCUT2D eigenvalue weighted by atomic mass is 35.5. The molecular formula is C15H21Cl3N2O. The van der Waals surface area contributed by atoms with Crippen molar-refractivity contribution in [2.75, 3.05) is 20.1 Å². The number of halogens is 3. The first-order valence-electron chi connectivity index (χ1n) is 6.95. The van der Waals surface area contributed by atoms with Crippen LogP contribution in [0.5, 0.6) is 0 Å². The van der Waals surface area contributed by atoms with Crippen LogP contribution in [0.25, 0.3) is 0 Å². The van der Waals surface area contributed by atoms with Gasteiger partial charge in [0.2, 0.25) is 5.91 Å². The van der Waals surface area contributed by atoms with Crippen LogP contribution < -0.4 is 5.32 Å². The molecule has 0 spiro atoms.